The zero-order valence-electron chi connectivity index (χ0n) is 16.1. The van der Waals surface area contributed by atoms with Crippen molar-refractivity contribution in [3.05, 3.63) is 78.5 Å². The maximum atomic E-state index is 11.9. The second-order valence-corrected chi connectivity index (χ2v) is 6.38. The summed E-state index contributed by atoms with van der Waals surface area (Å²) in [7, 11) is 1.23. The topological polar surface area (TPSA) is 83.6 Å². The Kier molecular flexibility index (Phi) is 5.43. The third-order valence-electron chi connectivity index (χ3n) is 4.38. The Morgan fingerprint density at radius 3 is 2.63 bits per heavy atom. The molecule has 2 aromatic carbocycles. The Hall–Kier alpha value is -4.13. The first-order valence-corrected chi connectivity index (χ1v) is 9.20. The number of hydrogen-bond acceptors (Lipinski definition) is 6. The summed E-state index contributed by atoms with van der Waals surface area (Å²) < 4.78 is 17.0. The summed E-state index contributed by atoms with van der Waals surface area (Å²) in [4.78, 5) is 23.1. The van der Waals surface area contributed by atoms with Crippen LogP contribution in [0.25, 0.3) is 34.2 Å². The van der Waals surface area contributed by atoms with Gasteiger partial charge in [-0.1, -0.05) is 36.4 Å². The zero-order valence-corrected chi connectivity index (χ0v) is 16.1. The first-order valence-electron chi connectivity index (χ1n) is 9.20. The third kappa shape index (κ3) is 4.15. The van der Waals surface area contributed by atoms with Crippen LogP contribution in [0.3, 0.4) is 0 Å². The highest BCUT2D eigenvalue weighted by molar-refractivity contribution is 5.90. The molecule has 0 saturated carbocycles. The lowest BCUT2D eigenvalue weighted by molar-refractivity contribution is -0.154. The molecule has 4 aromatic rings. The van der Waals surface area contributed by atoms with Gasteiger partial charge in [-0.3, -0.25) is 0 Å². The first-order chi connectivity index (χ1) is 14.6. The number of nitrogens with zero attached hydrogens (tertiary/aromatic N) is 2. The van der Waals surface area contributed by atoms with Gasteiger partial charge < -0.3 is 13.9 Å². The van der Waals surface area contributed by atoms with Gasteiger partial charge in [0.15, 0.2) is 12.4 Å². The molecule has 0 atom stereocenters. The number of aromatic nitrogens is 2. The van der Waals surface area contributed by atoms with Gasteiger partial charge in [-0.15, -0.1) is 0 Å². The molecule has 0 radical (unpaired) electrons. The molecule has 0 aliphatic carbocycles. The molecule has 0 saturated heterocycles. The van der Waals surface area contributed by atoms with Gasteiger partial charge in [-0.2, -0.15) is 5.10 Å². The molecule has 0 aliphatic rings. The van der Waals surface area contributed by atoms with E-state index in [1.165, 1.54) is 13.2 Å². The van der Waals surface area contributed by atoms with Crippen molar-refractivity contribution in [2.75, 3.05) is 13.7 Å². The lowest BCUT2D eigenvalue weighted by Crippen LogP contribution is -2.13. The molecule has 0 N–H and O–H groups in total. The van der Waals surface area contributed by atoms with Crippen molar-refractivity contribution in [2.24, 2.45) is 0 Å². The number of rotatable bonds is 6. The second kappa shape index (κ2) is 8.48. The predicted molar refractivity (Wildman–Crippen MR) is 111 cm³/mol. The van der Waals surface area contributed by atoms with Gasteiger partial charge in [-0.25, -0.2) is 14.3 Å². The maximum absolute atomic E-state index is 11.9. The summed E-state index contributed by atoms with van der Waals surface area (Å²) in [6.07, 6.45) is 4.61. The molecule has 0 fully saturated rings. The van der Waals surface area contributed by atoms with E-state index < -0.39 is 18.5 Å². The Morgan fingerprint density at radius 2 is 1.87 bits per heavy atom. The molecule has 0 amide bonds. The van der Waals surface area contributed by atoms with Crippen LogP contribution in [0.2, 0.25) is 0 Å². The van der Waals surface area contributed by atoms with E-state index in [0.717, 1.165) is 16.7 Å². The number of para-hydroxylation sites is 2. The normalized spacial score (nSPS) is 11.1. The number of methoxy groups -OCH3 is 1. The number of hydrogen-bond donors (Lipinski definition) is 0. The van der Waals surface area contributed by atoms with Crippen LogP contribution in [0.5, 0.6) is 0 Å². The number of furan rings is 1. The molecule has 0 bridgehead atoms. The van der Waals surface area contributed by atoms with Crippen molar-refractivity contribution < 1.29 is 23.5 Å². The van der Waals surface area contributed by atoms with Crippen molar-refractivity contribution in [2.45, 2.75) is 0 Å². The van der Waals surface area contributed by atoms with Crippen LogP contribution < -0.4 is 0 Å². The maximum Gasteiger partial charge on any atom is 0.344 e. The number of benzene rings is 2. The van der Waals surface area contributed by atoms with Gasteiger partial charge >= 0.3 is 11.9 Å². The zero-order chi connectivity index (χ0) is 20.9. The average molecular weight is 402 g/mol. The Balaban J connectivity index is 1.69. The molecule has 0 unspecified atom stereocenters. The molecule has 150 valence electrons. The fourth-order valence-electron chi connectivity index (χ4n) is 2.91. The SMILES string of the molecule is COC(=O)COC(=O)/C=C/c1cn(-c2ccccc2)nc1-c1cc2ccccc2o1. The molecular formula is C23H18N2O5. The monoisotopic (exact) mass is 402 g/mol. The van der Waals surface area contributed by atoms with Gasteiger partial charge in [-0.05, 0) is 30.3 Å². The van der Waals surface area contributed by atoms with Gasteiger partial charge in [0, 0.05) is 23.2 Å². The molecular weight excluding hydrogens is 384 g/mol. The lowest BCUT2D eigenvalue weighted by atomic mass is 10.2. The van der Waals surface area contributed by atoms with Gasteiger partial charge in [0.25, 0.3) is 0 Å². The molecule has 0 spiro atoms. The molecule has 2 aromatic heterocycles. The molecule has 4 rings (SSSR count). The van der Waals surface area contributed by atoms with Crippen LogP contribution in [0.4, 0.5) is 0 Å². The highest BCUT2D eigenvalue weighted by Gasteiger charge is 2.15. The van der Waals surface area contributed by atoms with Crippen LogP contribution in [-0.2, 0) is 19.1 Å². The van der Waals surface area contributed by atoms with Crippen LogP contribution >= 0.6 is 0 Å². The fraction of sp³-hybridized carbons (Fsp3) is 0.0870. The summed E-state index contributed by atoms with van der Waals surface area (Å²) in [6.45, 7) is -0.445. The van der Waals surface area contributed by atoms with E-state index >= 15 is 0 Å². The van der Waals surface area contributed by atoms with Crippen LogP contribution in [-0.4, -0.2) is 35.4 Å². The first kappa shape index (κ1) is 19.2. The van der Waals surface area contributed by atoms with Gasteiger partial charge in [0.2, 0.25) is 0 Å². The third-order valence-corrected chi connectivity index (χ3v) is 4.38. The Bertz CT molecular complexity index is 1190. The van der Waals surface area contributed by atoms with E-state index in [1.54, 1.807) is 17.0 Å². The van der Waals surface area contributed by atoms with Crippen molar-refractivity contribution >= 4 is 29.0 Å². The Labute approximate surface area is 172 Å². The van der Waals surface area contributed by atoms with E-state index in [4.69, 9.17) is 9.15 Å². The highest BCUT2D eigenvalue weighted by Crippen LogP contribution is 2.30. The average Bonchev–Trinajstić information content (AvgIpc) is 3.40. The van der Waals surface area contributed by atoms with E-state index in [-0.39, 0.29) is 0 Å². The van der Waals surface area contributed by atoms with E-state index in [9.17, 15) is 9.59 Å². The fourth-order valence-corrected chi connectivity index (χ4v) is 2.91. The van der Waals surface area contributed by atoms with Gasteiger partial charge in [0.1, 0.15) is 11.3 Å². The van der Waals surface area contributed by atoms with E-state index in [2.05, 4.69) is 9.84 Å². The smallest absolute Gasteiger partial charge is 0.344 e. The minimum atomic E-state index is -0.664. The summed E-state index contributed by atoms with van der Waals surface area (Å²) in [5.41, 5.74) is 2.84. The van der Waals surface area contributed by atoms with Crippen molar-refractivity contribution in [1.82, 2.24) is 9.78 Å². The summed E-state index contributed by atoms with van der Waals surface area (Å²) in [6, 6.07) is 19.2. The van der Waals surface area contributed by atoms with E-state index in [0.29, 0.717) is 17.0 Å². The largest absolute Gasteiger partial charge is 0.466 e. The van der Waals surface area contributed by atoms with Crippen molar-refractivity contribution in [3.8, 4) is 17.1 Å². The summed E-state index contributed by atoms with van der Waals surface area (Å²) in [5.74, 6) is -0.714. The Morgan fingerprint density at radius 1 is 1.10 bits per heavy atom. The molecule has 7 nitrogen and oxygen atoms in total. The summed E-state index contributed by atoms with van der Waals surface area (Å²) >= 11 is 0. The minimum Gasteiger partial charge on any atom is -0.466 e. The van der Waals surface area contributed by atoms with Crippen LogP contribution in [0.15, 0.2) is 77.4 Å². The predicted octanol–water partition coefficient (Wildman–Crippen LogP) is 4.01. The quantitative estimate of drug-likeness (QED) is 0.358. The van der Waals surface area contributed by atoms with E-state index in [1.807, 2.05) is 60.7 Å². The van der Waals surface area contributed by atoms with Crippen molar-refractivity contribution in [3.63, 3.8) is 0 Å². The number of ether oxygens (including phenoxy) is 2. The number of fused-ring (bicyclic) bond motifs is 1. The number of carbonyl (C=O) groups is 2. The van der Waals surface area contributed by atoms with Crippen LogP contribution in [0.1, 0.15) is 5.56 Å². The van der Waals surface area contributed by atoms with Crippen LogP contribution in [0, 0.1) is 0 Å². The molecule has 0 aliphatic heterocycles. The lowest BCUT2D eigenvalue weighted by Gasteiger charge is -1.99. The standard InChI is InChI=1S/C23H18N2O5/c1-28-22(27)15-29-21(26)12-11-17-14-25(18-8-3-2-4-9-18)24-23(17)20-13-16-7-5-6-10-19(16)30-20/h2-14H,15H2,1H3/b12-11+. The molecule has 30 heavy (non-hydrogen) atoms. The van der Waals surface area contributed by atoms with Gasteiger partial charge in [0.05, 0.1) is 12.8 Å². The second-order valence-electron chi connectivity index (χ2n) is 6.38. The number of carbonyl (C=O) groups excluding carboxylic acids is 2. The number of esters is 2. The molecule has 7 heteroatoms. The van der Waals surface area contributed by atoms with Crippen molar-refractivity contribution in [1.29, 1.82) is 0 Å². The molecule has 2 heterocycles. The summed E-state index contributed by atoms with van der Waals surface area (Å²) in [5, 5.41) is 5.61. The highest BCUT2D eigenvalue weighted by atomic mass is 16.6. The minimum absolute atomic E-state index is 0.445.